The van der Waals surface area contributed by atoms with Gasteiger partial charge in [0.1, 0.15) is 5.58 Å². The van der Waals surface area contributed by atoms with Gasteiger partial charge in [0.05, 0.1) is 22.7 Å². The van der Waals surface area contributed by atoms with Crippen LogP contribution in [0.4, 0.5) is 34.1 Å². The van der Waals surface area contributed by atoms with Crippen LogP contribution in [0.1, 0.15) is 107 Å². The molecule has 0 bridgehead atoms. The van der Waals surface area contributed by atoms with Crippen LogP contribution in [-0.2, 0) is 16.2 Å². The maximum atomic E-state index is 7.23. The Hall–Kier alpha value is -5.10. The van der Waals surface area contributed by atoms with Gasteiger partial charge in [-0.1, -0.05) is 92.6 Å². The van der Waals surface area contributed by atoms with Crippen molar-refractivity contribution < 1.29 is 13.9 Å². The van der Waals surface area contributed by atoms with Crippen molar-refractivity contribution in [3.63, 3.8) is 0 Å². The van der Waals surface area contributed by atoms with E-state index in [0.29, 0.717) is 0 Å². The molecule has 0 N–H and O–H groups in total. The average Bonchev–Trinajstić information content (AvgIpc) is 3.71. The fourth-order valence-corrected chi connectivity index (χ4v) is 9.43. The molecule has 1 aromatic heterocycles. The lowest BCUT2D eigenvalue weighted by atomic mass is 9.35. The molecule has 0 amide bonds. The summed E-state index contributed by atoms with van der Waals surface area (Å²) >= 11 is 0. The molecule has 0 unspecified atom stereocenters. The normalized spacial score (nSPS) is 14.7. The summed E-state index contributed by atoms with van der Waals surface area (Å²) < 4.78 is 19.5. The Labute approximate surface area is 333 Å². The van der Waals surface area contributed by atoms with Gasteiger partial charge in [-0.2, -0.15) is 0 Å². The molecule has 3 aliphatic heterocycles. The molecular formula is C50H55BN2O3. The van der Waals surface area contributed by atoms with E-state index >= 15 is 0 Å². The molecule has 3 aliphatic rings. The number of hydrogen-bond acceptors (Lipinski definition) is 5. The molecule has 0 atom stereocenters. The Kier molecular flexibility index (Phi) is 7.80. The number of ether oxygens (including phenoxy) is 2. The number of nitrogens with zero attached hydrogens (tertiary/aromatic N) is 2. The molecule has 0 aliphatic carbocycles. The van der Waals surface area contributed by atoms with Crippen molar-refractivity contribution in [1.29, 1.82) is 0 Å². The van der Waals surface area contributed by atoms with Gasteiger partial charge in [0.25, 0.3) is 6.71 Å². The van der Waals surface area contributed by atoms with Crippen molar-refractivity contribution in [2.45, 2.75) is 113 Å². The van der Waals surface area contributed by atoms with Crippen molar-refractivity contribution in [3.05, 3.63) is 111 Å². The first-order chi connectivity index (χ1) is 26.2. The van der Waals surface area contributed by atoms with Crippen molar-refractivity contribution >= 4 is 68.4 Å². The molecule has 0 radical (unpaired) electrons. The summed E-state index contributed by atoms with van der Waals surface area (Å²) in [6, 6.07) is 25.5. The molecule has 0 spiro atoms. The molecule has 6 aromatic rings. The van der Waals surface area contributed by atoms with Crippen LogP contribution in [0.15, 0.2) is 71.1 Å². The number of fused-ring (bicyclic) bond motifs is 7. The lowest BCUT2D eigenvalue weighted by Crippen LogP contribution is -2.61. The van der Waals surface area contributed by atoms with Crippen LogP contribution in [-0.4, -0.2) is 13.5 Å². The smallest absolute Gasteiger partial charge is 0.297 e. The van der Waals surface area contributed by atoms with Crippen LogP contribution in [0.25, 0.3) is 11.0 Å². The minimum atomic E-state index is -0.179. The first kappa shape index (κ1) is 36.5. The van der Waals surface area contributed by atoms with Gasteiger partial charge in [-0.25, -0.2) is 0 Å². The van der Waals surface area contributed by atoms with E-state index in [1.165, 1.54) is 72.7 Å². The Morgan fingerprint density at radius 3 is 1.55 bits per heavy atom. The maximum absolute atomic E-state index is 7.23. The zero-order valence-corrected chi connectivity index (χ0v) is 35.8. The first-order valence-electron chi connectivity index (χ1n) is 20.2. The van der Waals surface area contributed by atoms with E-state index in [1.807, 2.05) is 0 Å². The highest BCUT2D eigenvalue weighted by atomic mass is 16.7. The molecule has 6 heteroatoms. The molecule has 9 rings (SSSR count). The van der Waals surface area contributed by atoms with Crippen LogP contribution < -0.4 is 35.9 Å². The Morgan fingerprint density at radius 1 is 0.518 bits per heavy atom. The van der Waals surface area contributed by atoms with Gasteiger partial charge in [-0.3, -0.25) is 0 Å². The molecule has 0 saturated heterocycles. The Bertz CT molecular complexity index is 2600. The second-order valence-corrected chi connectivity index (χ2v) is 19.8. The fourth-order valence-electron chi connectivity index (χ4n) is 9.43. The van der Waals surface area contributed by atoms with E-state index in [9.17, 15) is 0 Å². The highest BCUT2D eigenvalue weighted by molar-refractivity contribution is 7.00. The number of rotatable bonds is 2. The van der Waals surface area contributed by atoms with E-state index in [2.05, 4.69) is 173 Å². The quantitative estimate of drug-likeness (QED) is 0.165. The second-order valence-electron chi connectivity index (χ2n) is 19.8. The van der Waals surface area contributed by atoms with Crippen LogP contribution >= 0.6 is 0 Å². The van der Waals surface area contributed by atoms with Gasteiger partial charge < -0.3 is 23.7 Å². The van der Waals surface area contributed by atoms with Gasteiger partial charge in [0.2, 0.25) is 6.79 Å². The number of aryl methyl sites for hydroxylation is 5. The van der Waals surface area contributed by atoms with E-state index in [0.717, 1.165) is 45.0 Å². The zero-order valence-electron chi connectivity index (χ0n) is 35.8. The van der Waals surface area contributed by atoms with Gasteiger partial charge >= 0.3 is 0 Å². The Morgan fingerprint density at radius 2 is 1.02 bits per heavy atom. The number of anilines is 6. The lowest BCUT2D eigenvalue weighted by molar-refractivity contribution is 0.174. The van der Waals surface area contributed by atoms with Gasteiger partial charge in [-0.15, -0.1) is 0 Å². The number of hydrogen-bond donors (Lipinski definition) is 0. The van der Waals surface area contributed by atoms with Crippen LogP contribution in [0.3, 0.4) is 0 Å². The fraction of sp³-hybridized carbons (Fsp3) is 0.360. The average molecular weight is 743 g/mol. The molecule has 5 nitrogen and oxygen atoms in total. The summed E-state index contributed by atoms with van der Waals surface area (Å²) in [5.74, 6) is 1.55. The molecular weight excluding hydrogens is 687 g/mol. The minimum absolute atomic E-state index is 0.0210. The highest BCUT2D eigenvalue weighted by Gasteiger charge is 2.48. The molecule has 0 fully saturated rings. The van der Waals surface area contributed by atoms with Gasteiger partial charge in [0, 0.05) is 28.5 Å². The van der Waals surface area contributed by atoms with E-state index < -0.39 is 0 Å². The van der Waals surface area contributed by atoms with Crippen molar-refractivity contribution in [1.82, 2.24) is 0 Å². The third-order valence-corrected chi connectivity index (χ3v) is 12.3. The Balaban J connectivity index is 1.42. The first-order valence-corrected chi connectivity index (χ1v) is 20.2. The highest BCUT2D eigenvalue weighted by Crippen LogP contribution is 2.51. The minimum Gasteiger partial charge on any atom is -0.468 e. The largest absolute Gasteiger partial charge is 0.468 e. The lowest BCUT2D eigenvalue weighted by Gasteiger charge is -2.44. The monoisotopic (exact) mass is 742 g/mol. The summed E-state index contributed by atoms with van der Waals surface area (Å²) in [5.41, 5.74) is 21.4. The summed E-state index contributed by atoms with van der Waals surface area (Å²) in [6.45, 7) is 32.0. The van der Waals surface area contributed by atoms with Gasteiger partial charge in [0.15, 0.2) is 11.5 Å². The zero-order chi connectivity index (χ0) is 40.0. The van der Waals surface area contributed by atoms with Crippen molar-refractivity contribution in [2.24, 2.45) is 0 Å². The van der Waals surface area contributed by atoms with Crippen LogP contribution in [0.2, 0.25) is 0 Å². The predicted octanol–water partition coefficient (Wildman–Crippen LogP) is 11.7. The summed E-state index contributed by atoms with van der Waals surface area (Å²) in [4.78, 5) is 5.05. The third-order valence-electron chi connectivity index (χ3n) is 12.3. The van der Waals surface area contributed by atoms with E-state index in [1.54, 1.807) is 0 Å². The van der Waals surface area contributed by atoms with Crippen molar-refractivity contribution in [3.8, 4) is 11.5 Å². The number of benzene rings is 5. The number of furan rings is 1. The van der Waals surface area contributed by atoms with Crippen LogP contribution in [0, 0.1) is 34.6 Å². The second kappa shape index (κ2) is 12.0. The third kappa shape index (κ3) is 5.42. The molecule has 0 saturated carbocycles. The molecule has 286 valence electrons. The van der Waals surface area contributed by atoms with Gasteiger partial charge in [-0.05, 0) is 137 Å². The SMILES string of the molecule is Cc1cc2c3c(c1)N(c1c(C)cc(C(C)(C)C)cc1C)c1c(oc4ccc(C(C)(C)C)cc14)B3c1cc3c(cc1N2c1c(C)cc(C(C)(C)C)cc1C)OCO3. The molecule has 4 heterocycles. The topological polar surface area (TPSA) is 38.1 Å². The molecule has 56 heavy (non-hydrogen) atoms. The maximum Gasteiger partial charge on any atom is 0.297 e. The molecule has 5 aromatic carbocycles. The summed E-state index contributed by atoms with van der Waals surface area (Å²) in [5, 5.41) is 1.13. The predicted molar refractivity (Wildman–Crippen MR) is 236 cm³/mol. The van der Waals surface area contributed by atoms with Crippen molar-refractivity contribution in [2.75, 3.05) is 16.6 Å². The summed E-state index contributed by atoms with van der Waals surface area (Å²) in [6.07, 6.45) is 0. The van der Waals surface area contributed by atoms with Crippen LogP contribution in [0.5, 0.6) is 11.5 Å². The van der Waals surface area contributed by atoms with E-state index in [4.69, 9.17) is 13.9 Å². The van der Waals surface area contributed by atoms with E-state index in [-0.39, 0.29) is 29.8 Å². The standard InChI is InChI=1S/C50H55BN2O3/c1-27-17-38-43-39(18-27)53(45-30(4)21-34(22-31(45)5)50(12,13)14)46-35-23-32(48(6,7)8)15-16-40(35)56-47(46)51(43)36-24-41-42(55-26-54-41)25-37(36)52(38)44-28(2)19-33(20-29(44)3)49(9,10)11/h15-25H,26H2,1-14H3. The summed E-state index contributed by atoms with van der Waals surface area (Å²) in [7, 11) is 0.